The molecule has 15 heavy (non-hydrogen) atoms. The summed E-state index contributed by atoms with van der Waals surface area (Å²) < 4.78 is 0. The van der Waals surface area contributed by atoms with Gasteiger partial charge in [-0.1, -0.05) is 13.8 Å². The lowest BCUT2D eigenvalue weighted by Gasteiger charge is -2.20. The van der Waals surface area contributed by atoms with E-state index < -0.39 is 0 Å². The highest BCUT2D eigenvalue weighted by molar-refractivity contribution is 5.21. The SMILES string of the molecule is CNC(CCc1cnccc1C)C(C)C. The molecule has 0 radical (unpaired) electrons. The summed E-state index contributed by atoms with van der Waals surface area (Å²) >= 11 is 0. The van der Waals surface area contributed by atoms with Gasteiger partial charge in [-0.15, -0.1) is 0 Å². The normalized spacial score (nSPS) is 13.1. The first-order valence-corrected chi connectivity index (χ1v) is 5.72. The van der Waals surface area contributed by atoms with Crippen LogP contribution in [0.25, 0.3) is 0 Å². The maximum absolute atomic E-state index is 4.17. The number of aromatic nitrogens is 1. The van der Waals surface area contributed by atoms with E-state index in [0.717, 1.165) is 6.42 Å². The Bertz CT molecular complexity index is 294. The van der Waals surface area contributed by atoms with E-state index in [1.807, 2.05) is 19.4 Å². The van der Waals surface area contributed by atoms with Crippen LogP contribution in [0.1, 0.15) is 31.4 Å². The average Bonchev–Trinajstić information content (AvgIpc) is 2.21. The highest BCUT2D eigenvalue weighted by atomic mass is 14.9. The standard InChI is InChI=1S/C13H22N2/c1-10(2)13(14-4)6-5-12-9-15-8-7-11(12)3/h7-10,13-14H,5-6H2,1-4H3. The smallest absolute Gasteiger partial charge is 0.0302 e. The zero-order valence-corrected chi connectivity index (χ0v) is 10.2. The van der Waals surface area contributed by atoms with Crippen LogP contribution in [0, 0.1) is 12.8 Å². The molecule has 1 heterocycles. The van der Waals surface area contributed by atoms with E-state index in [9.17, 15) is 0 Å². The summed E-state index contributed by atoms with van der Waals surface area (Å²) in [4.78, 5) is 4.17. The third-order valence-electron chi connectivity index (χ3n) is 3.05. The minimum atomic E-state index is 0.601. The molecule has 0 spiro atoms. The second kappa shape index (κ2) is 5.86. The lowest BCUT2D eigenvalue weighted by Crippen LogP contribution is -2.31. The largest absolute Gasteiger partial charge is 0.317 e. The lowest BCUT2D eigenvalue weighted by atomic mass is 9.96. The van der Waals surface area contributed by atoms with Crippen LogP contribution in [0.3, 0.4) is 0 Å². The first-order chi connectivity index (χ1) is 7.15. The second-order valence-electron chi connectivity index (χ2n) is 4.48. The number of nitrogens with zero attached hydrogens (tertiary/aromatic N) is 1. The van der Waals surface area contributed by atoms with E-state index in [2.05, 4.69) is 37.1 Å². The summed E-state index contributed by atoms with van der Waals surface area (Å²) in [6.07, 6.45) is 6.14. The van der Waals surface area contributed by atoms with Gasteiger partial charge in [-0.25, -0.2) is 0 Å². The molecule has 1 unspecified atom stereocenters. The molecule has 1 rings (SSSR count). The van der Waals surface area contributed by atoms with Crippen molar-refractivity contribution < 1.29 is 0 Å². The Morgan fingerprint density at radius 1 is 1.40 bits per heavy atom. The predicted octanol–water partition coefficient (Wildman–Crippen LogP) is 2.57. The Morgan fingerprint density at radius 2 is 2.13 bits per heavy atom. The second-order valence-corrected chi connectivity index (χ2v) is 4.48. The molecule has 2 nitrogen and oxygen atoms in total. The minimum absolute atomic E-state index is 0.601. The van der Waals surface area contributed by atoms with Gasteiger partial charge in [0.25, 0.3) is 0 Å². The maximum atomic E-state index is 4.17. The van der Waals surface area contributed by atoms with Crippen molar-refractivity contribution in [1.29, 1.82) is 0 Å². The zero-order chi connectivity index (χ0) is 11.3. The Balaban J connectivity index is 2.53. The van der Waals surface area contributed by atoms with E-state index in [1.54, 1.807) is 0 Å². The van der Waals surface area contributed by atoms with E-state index >= 15 is 0 Å². The summed E-state index contributed by atoms with van der Waals surface area (Å²) in [5, 5.41) is 3.37. The van der Waals surface area contributed by atoms with Crippen LogP contribution in [-0.4, -0.2) is 18.1 Å². The molecular weight excluding hydrogens is 184 g/mol. The topological polar surface area (TPSA) is 24.9 Å². The summed E-state index contributed by atoms with van der Waals surface area (Å²) in [6.45, 7) is 6.68. The number of hydrogen-bond donors (Lipinski definition) is 1. The number of pyridine rings is 1. The van der Waals surface area contributed by atoms with Crippen molar-refractivity contribution >= 4 is 0 Å². The van der Waals surface area contributed by atoms with Gasteiger partial charge in [0.05, 0.1) is 0 Å². The zero-order valence-electron chi connectivity index (χ0n) is 10.2. The van der Waals surface area contributed by atoms with Crippen molar-refractivity contribution in [3.8, 4) is 0 Å². The summed E-state index contributed by atoms with van der Waals surface area (Å²) in [6, 6.07) is 2.68. The van der Waals surface area contributed by atoms with Gasteiger partial charge in [0.15, 0.2) is 0 Å². The van der Waals surface area contributed by atoms with Crippen LogP contribution < -0.4 is 5.32 Å². The molecule has 1 atom stereocenters. The molecule has 1 aromatic rings. The Labute approximate surface area is 93.1 Å². The van der Waals surface area contributed by atoms with Crippen molar-refractivity contribution in [2.45, 2.75) is 39.7 Å². The van der Waals surface area contributed by atoms with Crippen molar-refractivity contribution in [3.63, 3.8) is 0 Å². The van der Waals surface area contributed by atoms with E-state index in [4.69, 9.17) is 0 Å². The van der Waals surface area contributed by atoms with Crippen LogP contribution in [0.4, 0.5) is 0 Å². The van der Waals surface area contributed by atoms with Crippen LogP contribution in [-0.2, 0) is 6.42 Å². The molecular formula is C13H22N2. The summed E-state index contributed by atoms with van der Waals surface area (Å²) in [5.41, 5.74) is 2.72. The summed E-state index contributed by atoms with van der Waals surface area (Å²) in [7, 11) is 2.04. The molecule has 0 bridgehead atoms. The predicted molar refractivity (Wildman–Crippen MR) is 65.0 cm³/mol. The maximum Gasteiger partial charge on any atom is 0.0302 e. The highest BCUT2D eigenvalue weighted by Crippen LogP contribution is 2.12. The quantitative estimate of drug-likeness (QED) is 0.801. The first kappa shape index (κ1) is 12.2. The lowest BCUT2D eigenvalue weighted by molar-refractivity contribution is 0.402. The molecule has 0 aliphatic heterocycles. The molecule has 0 saturated heterocycles. The molecule has 1 aromatic heterocycles. The monoisotopic (exact) mass is 206 g/mol. The number of hydrogen-bond acceptors (Lipinski definition) is 2. The van der Waals surface area contributed by atoms with Crippen molar-refractivity contribution in [2.24, 2.45) is 5.92 Å². The van der Waals surface area contributed by atoms with Gasteiger partial charge in [-0.05, 0) is 49.9 Å². The third kappa shape index (κ3) is 3.63. The van der Waals surface area contributed by atoms with E-state index in [0.29, 0.717) is 12.0 Å². The number of rotatable bonds is 5. The van der Waals surface area contributed by atoms with E-state index in [-0.39, 0.29) is 0 Å². The average molecular weight is 206 g/mol. The van der Waals surface area contributed by atoms with Gasteiger partial charge in [-0.3, -0.25) is 4.98 Å². The molecule has 0 saturated carbocycles. The fourth-order valence-corrected chi connectivity index (χ4v) is 1.88. The Hall–Kier alpha value is -0.890. The van der Waals surface area contributed by atoms with Crippen LogP contribution in [0.15, 0.2) is 18.5 Å². The molecule has 0 aliphatic carbocycles. The number of nitrogens with one attached hydrogen (secondary N) is 1. The van der Waals surface area contributed by atoms with Crippen LogP contribution in [0.5, 0.6) is 0 Å². The number of aryl methyl sites for hydroxylation is 2. The van der Waals surface area contributed by atoms with Crippen molar-refractivity contribution in [2.75, 3.05) is 7.05 Å². The van der Waals surface area contributed by atoms with Gasteiger partial charge in [0.2, 0.25) is 0 Å². The van der Waals surface area contributed by atoms with Gasteiger partial charge in [0.1, 0.15) is 0 Å². The molecule has 0 aliphatic rings. The molecule has 2 heteroatoms. The molecule has 0 aromatic carbocycles. The van der Waals surface area contributed by atoms with Gasteiger partial charge in [-0.2, -0.15) is 0 Å². The van der Waals surface area contributed by atoms with E-state index in [1.165, 1.54) is 17.5 Å². The molecule has 0 amide bonds. The van der Waals surface area contributed by atoms with Gasteiger partial charge < -0.3 is 5.32 Å². The van der Waals surface area contributed by atoms with Crippen LogP contribution >= 0.6 is 0 Å². The Kier molecular flexibility index (Phi) is 4.76. The third-order valence-corrected chi connectivity index (χ3v) is 3.05. The van der Waals surface area contributed by atoms with Crippen LogP contribution in [0.2, 0.25) is 0 Å². The van der Waals surface area contributed by atoms with Crippen molar-refractivity contribution in [3.05, 3.63) is 29.6 Å². The first-order valence-electron chi connectivity index (χ1n) is 5.72. The minimum Gasteiger partial charge on any atom is -0.317 e. The Morgan fingerprint density at radius 3 is 2.67 bits per heavy atom. The van der Waals surface area contributed by atoms with Gasteiger partial charge >= 0.3 is 0 Å². The molecule has 0 fully saturated rings. The fourth-order valence-electron chi connectivity index (χ4n) is 1.88. The summed E-state index contributed by atoms with van der Waals surface area (Å²) in [5.74, 6) is 0.687. The van der Waals surface area contributed by atoms with Gasteiger partial charge in [0, 0.05) is 18.4 Å². The molecule has 84 valence electrons. The van der Waals surface area contributed by atoms with Crippen molar-refractivity contribution in [1.82, 2.24) is 10.3 Å². The molecule has 1 N–H and O–H groups in total. The highest BCUT2D eigenvalue weighted by Gasteiger charge is 2.10. The fraction of sp³-hybridized carbons (Fsp3) is 0.615.